The number of carbonyl (C=O) groups excluding carboxylic acids is 2. The van der Waals surface area contributed by atoms with E-state index in [9.17, 15) is 18.4 Å². The van der Waals surface area contributed by atoms with Crippen LogP contribution >= 0.6 is 23.7 Å². The number of amides is 1. The highest BCUT2D eigenvalue weighted by Crippen LogP contribution is 2.25. The van der Waals surface area contributed by atoms with Gasteiger partial charge in [-0.15, -0.1) is 11.8 Å². The first-order valence-corrected chi connectivity index (χ1v) is 12.7. The van der Waals surface area contributed by atoms with E-state index >= 15 is 0 Å². The summed E-state index contributed by atoms with van der Waals surface area (Å²) in [6.07, 6.45) is 1.16. The second-order valence-corrected chi connectivity index (χ2v) is 9.79. The second kappa shape index (κ2) is 13.1. The number of nitrogens with two attached hydrogens (primary N) is 2. The fraction of sp³-hybridized carbons (Fsp3) is 0.417. The van der Waals surface area contributed by atoms with E-state index in [0.29, 0.717) is 12.3 Å². The maximum Gasteiger partial charge on any atom is 0.225 e. The molecule has 3 rings (SSSR count). The van der Waals surface area contributed by atoms with Crippen LogP contribution in [0.2, 0.25) is 0 Å². The molecule has 0 aromatic heterocycles. The van der Waals surface area contributed by atoms with Crippen LogP contribution in [0.15, 0.2) is 41.3 Å². The summed E-state index contributed by atoms with van der Waals surface area (Å²) in [5.74, 6) is -0.599. The Morgan fingerprint density at radius 3 is 2.45 bits per heavy atom. The minimum absolute atomic E-state index is 0.000719. The summed E-state index contributed by atoms with van der Waals surface area (Å²) in [5, 5.41) is 4.90. The summed E-state index contributed by atoms with van der Waals surface area (Å²) in [6, 6.07) is 9.93. The van der Waals surface area contributed by atoms with Crippen molar-refractivity contribution in [3.05, 3.63) is 64.7 Å². The Morgan fingerprint density at radius 2 is 1.88 bits per heavy atom. The quantitative estimate of drug-likeness (QED) is 0.559. The topological polar surface area (TPSA) is 89.4 Å². The van der Waals surface area contributed by atoms with Crippen molar-refractivity contribution >= 4 is 35.4 Å². The van der Waals surface area contributed by atoms with E-state index < -0.39 is 23.1 Å². The highest BCUT2D eigenvalue weighted by atomic mass is 32.2. The molecule has 2 aromatic carbocycles. The van der Waals surface area contributed by atoms with Gasteiger partial charge >= 0.3 is 0 Å². The summed E-state index contributed by atoms with van der Waals surface area (Å²) >= 11 is 2.72. The molecular formula is C24H31F2N3O2S2. The van der Waals surface area contributed by atoms with Crippen molar-refractivity contribution in [3.8, 4) is 0 Å². The minimum Gasteiger partial charge on any atom is -0.327 e. The normalized spacial score (nSPS) is 16.2. The smallest absolute Gasteiger partial charge is 0.225 e. The van der Waals surface area contributed by atoms with E-state index in [0.717, 1.165) is 23.4 Å². The van der Waals surface area contributed by atoms with Gasteiger partial charge in [0, 0.05) is 29.7 Å². The molecular weight excluding hydrogens is 464 g/mol. The second-order valence-electron chi connectivity index (χ2n) is 7.90. The standard InChI is InChI=1S/C16H20F2N2O2S.C8H11NS/c1-9-5-14(18)11(7-13(9)17)6-12(19)8-15(22)20-3-4-23-16(20)10(2)21;1-2-7-3-5-8(10-9)6-4-7/h5,7,12,16H,3-4,6,8,19H2,1-2H3;3-6H,2,9H2,1H3. The summed E-state index contributed by atoms with van der Waals surface area (Å²) in [6.45, 7) is 5.59. The van der Waals surface area contributed by atoms with E-state index in [1.165, 1.54) is 48.0 Å². The van der Waals surface area contributed by atoms with Gasteiger partial charge in [-0.25, -0.2) is 8.78 Å². The molecule has 0 radical (unpaired) electrons. The van der Waals surface area contributed by atoms with Gasteiger partial charge in [0.2, 0.25) is 5.91 Å². The van der Waals surface area contributed by atoms with Crippen molar-refractivity contribution < 1.29 is 18.4 Å². The largest absolute Gasteiger partial charge is 0.327 e. The molecule has 2 atom stereocenters. The fourth-order valence-corrected chi connectivity index (χ4v) is 4.86. The molecule has 2 aromatic rings. The molecule has 1 heterocycles. The van der Waals surface area contributed by atoms with Gasteiger partial charge in [-0.1, -0.05) is 19.1 Å². The molecule has 1 aliphatic heterocycles. The van der Waals surface area contributed by atoms with Gasteiger partial charge < -0.3 is 10.6 Å². The predicted molar refractivity (Wildman–Crippen MR) is 132 cm³/mol. The number of thioether (sulfide) groups is 1. The van der Waals surface area contributed by atoms with Gasteiger partial charge in [-0.05, 0) is 79.6 Å². The van der Waals surface area contributed by atoms with Crippen molar-refractivity contribution in [3.63, 3.8) is 0 Å². The minimum atomic E-state index is -0.627. The molecule has 1 amide bonds. The highest BCUT2D eigenvalue weighted by Gasteiger charge is 2.33. The van der Waals surface area contributed by atoms with E-state index in [4.69, 9.17) is 10.9 Å². The average molecular weight is 496 g/mol. The zero-order chi connectivity index (χ0) is 24.5. The lowest BCUT2D eigenvalue weighted by molar-refractivity contribution is -0.135. The van der Waals surface area contributed by atoms with Crippen LogP contribution in [0, 0.1) is 18.6 Å². The van der Waals surface area contributed by atoms with Crippen LogP contribution in [-0.4, -0.2) is 40.3 Å². The van der Waals surface area contributed by atoms with Crippen LogP contribution in [0.5, 0.6) is 0 Å². The number of aryl methyl sites for hydroxylation is 2. The average Bonchev–Trinajstić information content (AvgIpc) is 3.28. The molecule has 1 saturated heterocycles. The molecule has 0 saturated carbocycles. The molecule has 5 nitrogen and oxygen atoms in total. The van der Waals surface area contributed by atoms with Crippen molar-refractivity contribution in [1.29, 1.82) is 0 Å². The van der Waals surface area contributed by atoms with E-state index in [-0.39, 0.29) is 35.7 Å². The van der Waals surface area contributed by atoms with Crippen molar-refractivity contribution in [2.45, 2.75) is 56.3 Å². The number of ketones is 1. The Kier molecular flexibility index (Phi) is 10.8. The Morgan fingerprint density at radius 1 is 1.21 bits per heavy atom. The SMILES string of the molecule is CC(=O)C1SCCN1C(=O)CC(N)Cc1cc(F)c(C)cc1F.CCc1ccc(SN)cc1. The molecule has 9 heteroatoms. The maximum atomic E-state index is 13.8. The van der Waals surface area contributed by atoms with E-state index in [1.807, 2.05) is 12.1 Å². The number of benzene rings is 2. The zero-order valence-electron chi connectivity index (χ0n) is 19.1. The number of nitrogens with zero attached hydrogens (tertiary/aromatic N) is 1. The lowest BCUT2D eigenvalue weighted by atomic mass is 10.0. The molecule has 33 heavy (non-hydrogen) atoms. The number of rotatable bonds is 7. The zero-order valence-corrected chi connectivity index (χ0v) is 20.8. The third-order valence-corrected chi connectivity index (χ3v) is 7.14. The van der Waals surface area contributed by atoms with Crippen LogP contribution < -0.4 is 10.9 Å². The third-order valence-electron chi connectivity index (χ3n) is 5.27. The lowest BCUT2D eigenvalue weighted by Crippen LogP contribution is -2.41. The Balaban J connectivity index is 0.000000321. The van der Waals surface area contributed by atoms with Crippen LogP contribution in [0.3, 0.4) is 0 Å². The number of halogens is 2. The van der Waals surface area contributed by atoms with Crippen molar-refractivity contribution in [1.82, 2.24) is 4.90 Å². The molecule has 180 valence electrons. The van der Waals surface area contributed by atoms with Gasteiger partial charge in [0.05, 0.1) is 0 Å². The van der Waals surface area contributed by atoms with E-state index in [2.05, 4.69) is 19.1 Å². The van der Waals surface area contributed by atoms with Gasteiger partial charge in [0.15, 0.2) is 5.78 Å². The molecule has 0 bridgehead atoms. The van der Waals surface area contributed by atoms with Crippen molar-refractivity contribution in [2.24, 2.45) is 10.9 Å². The third kappa shape index (κ3) is 8.10. The molecule has 1 fully saturated rings. The molecule has 0 spiro atoms. The Bertz CT molecular complexity index is 934. The molecule has 1 aliphatic rings. The monoisotopic (exact) mass is 495 g/mol. The number of carbonyl (C=O) groups is 2. The number of Topliss-reactive ketones (excluding diaryl/α,β-unsaturated/α-hetero) is 1. The molecule has 2 unspecified atom stereocenters. The summed E-state index contributed by atoms with van der Waals surface area (Å²) in [4.78, 5) is 26.4. The van der Waals surface area contributed by atoms with Crippen LogP contribution in [0.25, 0.3) is 0 Å². The highest BCUT2D eigenvalue weighted by molar-refractivity contribution is 8.00. The number of hydrogen-bond acceptors (Lipinski definition) is 6. The van der Waals surface area contributed by atoms with E-state index in [1.54, 1.807) is 0 Å². The summed E-state index contributed by atoms with van der Waals surface area (Å²) < 4.78 is 27.4. The van der Waals surface area contributed by atoms with Crippen LogP contribution in [0.1, 0.15) is 37.0 Å². The first-order valence-electron chi connectivity index (χ1n) is 10.7. The molecule has 4 N–H and O–H groups in total. The van der Waals surface area contributed by atoms with Gasteiger partial charge in [-0.3, -0.25) is 14.7 Å². The summed E-state index contributed by atoms with van der Waals surface area (Å²) in [5.41, 5.74) is 7.67. The predicted octanol–water partition coefficient (Wildman–Crippen LogP) is 4.24. The fourth-order valence-electron chi connectivity index (χ4n) is 3.41. The first kappa shape index (κ1) is 27.3. The Hall–Kier alpha value is -1.94. The first-order chi connectivity index (χ1) is 15.7. The summed E-state index contributed by atoms with van der Waals surface area (Å²) in [7, 11) is 0. The van der Waals surface area contributed by atoms with Gasteiger partial charge in [0.1, 0.15) is 17.0 Å². The van der Waals surface area contributed by atoms with Crippen molar-refractivity contribution in [2.75, 3.05) is 12.3 Å². The number of hydrogen-bond donors (Lipinski definition) is 2. The maximum absolute atomic E-state index is 13.8. The Labute approximate surface area is 202 Å². The van der Waals surface area contributed by atoms with Gasteiger partial charge in [-0.2, -0.15) is 0 Å². The van der Waals surface area contributed by atoms with Crippen LogP contribution in [-0.2, 0) is 22.4 Å². The lowest BCUT2D eigenvalue weighted by Gasteiger charge is -2.23. The van der Waals surface area contributed by atoms with Gasteiger partial charge in [0.25, 0.3) is 0 Å². The molecule has 0 aliphatic carbocycles. The van der Waals surface area contributed by atoms with Crippen LogP contribution in [0.4, 0.5) is 8.78 Å².